The standard InChI is InChI=1S/C12H18N4O2/c13-9(17)11-5-12(6-11,7-11)16-4-8-3-14-1-2-15(8)10(16)18/h8,14H,1-7H2,(H2,13,17)/t8-,11?,12?/m1/s1. The monoisotopic (exact) mass is 250 g/mol. The molecule has 2 bridgehead atoms. The lowest BCUT2D eigenvalue weighted by Crippen LogP contribution is -2.78. The highest BCUT2D eigenvalue weighted by Crippen LogP contribution is 2.70. The first-order chi connectivity index (χ1) is 8.56. The Bertz CT molecular complexity index is 430. The highest BCUT2D eigenvalue weighted by molar-refractivity contribution is 5.87. The second kappa shape index (κ2) is 2.99. The van der Waals surface area contributed by atoms with Gasteiger partial charge in [0.25, 0.3) is 0 Å². The number of nitrogens with two attached hydrogens (primary N) is 1. The first kappa shape index (κ1) is 10.6. The summed E-state index contributed by atoms with van der Waals surface area (Å²) < 4.78 is 0. The number of carbonyl (C=O) groups is 2. The molecule has 1 atom stereocenters. The van der Waals surface area contributed by atoms with Gasteiger partial charge in [-0.15, -0.1) is 0 Å². The largest absolute Gasteiger partial charge is 0.369 e. The van der Waals surface area contributed by atoms with Crippen LogP contribution in [0.4, 0.5) is 4.79 Å². The zero-order chi connectivity index (χ0) is 12.5. The fourth-order valence-electron chi connectivity index (χ4n) is 4.30. The second-order valence-electron chi connectivity index (χ2n) is 6.34. The van der Waals surface area contributed by atoms with Crippen molar-refractivity contribution in [2.24, 2.45) is 11.1 Å². The Hall–Kier alpha value is -1.30. The average Bonchev–Trinajstić information content (AvgIpc) is 2.53. The summed E-state index contributed by atoms with van der Waals surface area (Å²) in [7, 11) is 0. The number of fused-ring (bicyclic) bond motifs is 1. The summed E-state index contributed by atoms with van der Waals surface area (Å²) in [6.07, 6.45) is 2.36. The molecule has 2 saturated heterocycles. The maximum absolute atomic E-state index is 12.4. The van der Waals surface area contributed by atoms with Crippen molar-refractivity contribution in [3.63, 3.8) is 0 Å². The molecule has 98 valence electrons. The summed E-state index contributed by atoms with van der Waals surface area (Å²) in [5, 5.41) is 3.33. The van der Waals surface area contributed by atoms with Crippen LogP contribution in [0, 0.1) is 5.41 Å². The van der Waals surface area contributed by atoms with Crippen LogP contribution in [0.25, 0.3) is 0 Å². The van der Waals surface area contributed by atoms with E-state index in [0.29, 0.717) is 6.04 Å². The van der Waals surface area contributed by atoms with E-state index in [2.05, 4.69) is 5.32 Å². The van der Waals surface area contributed by atoms with Crippen LogP contribution >= 0.6 is 0 Å². The van der Waals surface area contributed by atoms with Gasteiger partial charge >= 0.3 is 6.03 Å². The minimum atomic E-state index is -0.276. The Kier molecular flexibility index (Phi) is 1.76. The van der Waals surface area contributed by atoms with Gasteiger partial charge in [0.05, 0.1) is 11.5 Å². The summed E-state index contributed by atoms with van der Waals surface area (Å²) in [6, 6.07) is 0.476. The maximum atomic E-state index is 12.4. The SMILES string of the molecule is NC(=O)C12CC(N3C[C@H]4CNCCN4C3=O)(C1)C2. The molecule has 0 aromatic rings. The summed E-state index contributed by atoms with van der Waals surface area (Å²) in [4.78, 5) is 27.7. The molecule has 18 heavy (non-hydrogen) atoms. The molecule has 3 aliphatic carbocycles. The van der Waals surface area contributed by atoms with Gasteiger partial charge in [-0.1, -0.05) is 0 Å². The van der Waals surface area contributed by atoms with E-state index in [1.54, 1.807) is 0 Å². The van der Waals surface area contributed by atoms with E-state index < -0.39 is 0 Å². The van der Waals surface area contributed by atoms with Crippen LogP contribution in [-0.2, 0) is 4.79 Å². The zero-order valence-electron chi connectivity index (χ0n) is 10.3. The minimum Gasteiger partial charge on any atom is -0.369 e. The topological polar surface area (TPSA) is 78.7 Å². The molecular formula is C12H18N4O2. The van der Waals surface area contributed by atoms with Crippen LogP contribution in [-0.4, -0.2) is 59.5 Å². The first-order valence-corrected chi connectivity index (χ1v) is 6.65. The molecule has 0 spiro atoms. The van der Waals surface area contributed by atoms with Crippen molar-refractivity contribution in [3.05, 3.63) is 0 Å². The second-order valence-corrected chi connectivity index (χ2v) is 6.34. The van der Waals surface area contributed by atoms with Gasteiger partial charge in [-0.05, 0) is 19.3 Å². The van der Waals surface area contributed by atoms with Crippen LogP contribution in [0.15, 0.2) is 0 Å². The van der Waals surface area contributed by atoms with E-state index in [1.165, 1.54) is 0 Å². The van der Waals surface area contributed by atoms with E-state index in [4.69, 9.17) is 5.73 Å². The number of rotatable bonds is 2. The number of urea groups is 1. The van der Waals surface area contributed by atoms with Crippen molar-refractivity contribution < 1.29 is 9.59 Å². The Labute approximate surface area is 105 Å². The summed E-state index contributed by atoms with van der Waals surface area (Å²) in [6.45, 7) is 3.38. The normalized spacial score (nSPS) is 45.3. The lowest BCUT2D eigenvalue weighted by molar-refractivity contribution is -0.202. The summed E-state index contributed by atoms with van der Waals surface area (Å²) in [5.74, 6) is -0.185. The predicted octanol–water partition coefficient (Wildman–Crippen LogP) is -0.896. The molecule has 2 aliphatic heterocycles. The molecule has 3 amide bonds. The van der Waals surface area contributed by atoms with Crippen LogP contribution in [0.2, 0.25) is 0 Å². The van der Waals surface area contributed by atoms with Crippen molar-refractivity contribution in [3.8, 4) is 0 Å². The molecule has 3 saturated carbocycles. The van der Waals surface area contributed by atoms with Crippen molar-refractivity contribution in [1.82, 2.24) is 15.1 Å². The molecule has 0 aromatic carbocycles. The molecule has 0 aromatic heterocycles. The smallest absolute Gasteiger partial charge is 0.320 e. The van der Waals surface area contributed by atoms with E-state index in [9.17, 15) is 9.59 Å². The Balaban J connectivity index is 1.52. The van der Waals surface area contributed by atoms with E-state index in [1.807, 2.05) is 9.80 Å². The Morgan fingerprint density at radius 1 is 1.39 bits per heavy atom. The van der Waals surface area contributed by atoms with E-state index in [0.717, 1.165) is 45.4 Å². The minimum absolute atomic E-state index is 0.0382. The number of primary amides is 1. The van der Waals surface area contributed by atoms with Crippen LogP contribution in [0.3, 0.4) is 0 Å². The highest BCUT2D eigenvalue weighted by Gasteiger charge is 2.75. The zero-order valence-corrected chi connectivity index (χ0v) is 10.3. The van der Waals surface area contributed by atoms with Gasteiger partial charge in [0.1, 0.15) is 0 Å². The average molecular weight is 250 g/mol. The molecule has 0 unspecified atom stereocenters. The molecule has 6 heteroatoms. The van der Waals surface area contributed by atoms with E-state index >= 15 is 0 Å². The first-order valence-electron chi connectivity index (χ1n) is 6.65. The number of hydrogen-bond acceptors (Lipinski definition) is 3. The third-order valence-electron chi connectivity index (χ3n) is 5.32. The number of piperazine rings is 1. The van der Waals surface area contributed by atoms with E-state index in [-0.39, 0.29) is 22.9 Å². The number of amides is 3. The summed E-state index contributed by atoms with van der Waals surface area (Å²) >= 11 is 0. The van der Waals surface area contributed by atoms with Gasteiger partial charge in [-0.25, -0.2) is 4.79 Å². The molecule has 0 radical (unpaired) electrons. The van der Waals surface area contributed by atoms with Crippen molar-refractivity contribution >= 4 is 11.9 Å². The quantitative estimate of drug-likeness (QED) is 0.667. The highest BCUT2D eigenvalue weighted by atomic mass is 16.2. The van der Waals surface area contributed by atoms with Gasteiger partial charge in [0.15, 0.2) is 0 Å². The van der Waals surface area contributed by atoms with Crippen molar-refractivity contribution in [2.75, 3.05) is 26.2 Å². The van der Waals surface area contributed by atoms with Crippen molar-refractivity contribution in [1.29, 1.82) is 0 Å². The summed E-state index contributed by atoms with van der Waals surface area (Å²) in [5.41, 5.74) is 5.10. The molecular weight excluding hydrogens is 232 g/mol. The Morgan fingerprint density at radius 3 is 2.72 bits per heavy atom. The molecule has 3 N–H and O–H groups in total. The molecule has 5 aliphatic rings. The number of hydrogen-bond donors (Lipinski definition) is 2. The van der Waals surface area contributed by atoms with Crippen LogP contribution in [0.5, 0.6) is 0 Å². The van der Waals surface area contributed by atoms with Gasteiger partial charge in [-0.3, -0.25) is 4.79 Å². The lowest BCUT2D eigenvalue weighted by Gasteiger charge is -2.71. The van der Waals surface area contributed by atoms with Gasteiger partial charge in [0, 0.05) is 31.7 Å². The lowest BCUT2D eigenvalue weighted by atomic mass is 9.38. The third kappa shape index (κ3) is 1.03. The van der Waals surface area contributed by atoms with Gasteiger partial charge < -0.3 is 20.9 Å². The van der Waals surface area contributed by atoms with Crippen LogP contribution in [0.1, 0.15) is 19.3 Å². The van der Waals surface area contributed by atoms with Gasteiger partial charge in [0.2, 0.25) is 5.91 Å². The number of nitrogens with one attached hydrogen (secondary N) is 1. The van der Waals surface area contributed by atoms with Gasteiger partial charge in [-0.2, -0.15) is 0 Å². The Morgan fingerprint density at radius 2 is 2.11 bits per heavy atom. The predicted molar refractivity (Wildman–Crippen MR) is 63.7 cm³/mol. The number of nitrogens with zero attached hydrogens (tertiary/aromatic N) is 2. The maximum Gasteiger partial charge on any atom is 0.320 e. The van der Waals surface area contributed by atoms with Crippen LogP contribution < -0.4 is 11.1 Å². The molecule has 5 fully saturated rings. The molecule has 2 heterocycles. The fourth-order valence-corrected chi connectivity index (χ4v) is 4.30. The third-order valence-corrected chi connectivity index (χ3v) is 5.32. The molecule has 6 nitrogen and oxygen atoms in total. The fraction of sp³-hybridized carbons (Fsp3) is 0.833. The molecule has 5 rings (SSSR count). The van der Waals surface area contributed by atoms with Crippen molar-refractivity contribution in [2.45, 2.75) is 30.8 Å². The number of carbonyl (C=O) groups excluding carboxylic acids is 2.